The van der Waals surface area contributed by atoms with E-state index >= 15 is 0 Å². The Kier molecular flexibility index (Phi) is 4.29. The largest absolute Gasteiger partial charge is 0.346 e. The van der Waals surface area contributed by atoms with E-state index in [2.05, 4.69) is 12.1 Å². The van der Waals surface area contributed by atoms with Crippen LogP contribution in [0.25, 0.3) is 11.1 Å². The molecular weight excluding hydrogens is 284 g/mol. The summed E-state index contributed by atoms with van der Waals surface area (Å²) in [6.45, 7) is 0.603. The maximum atomic E-state index is 12.7. The molecule has 0 saturated carbocycles. The molecule has 0 aliphatic heterocycles. The van der Waals surface area contributed by atoms with E-state index in [1.54, 1.807) is 4.90 Å². The molecule has 0 aliphatic rings. The van der Waals surface area contributed by atoms with E-state index in [0.29, 0.717) is 12.2 Å². The third-order valence-corrected chi connectivity index (χ3v) is 3.94. The highest BCUT2D eigenvalue weighted by atomic mass is 16.2. The third kappa shape index (κ3) is 3.34. The number of hydrogen-bond donors (Lipinski definition) is 0. The second-order valence-electron chi connectivity index (χ2n) is 5.74. The van der Waals surface area contributed by atoms with E-state index in [4.69, 9.17) is 0 Å². The van der Waals surface area contributed by atoms with Gasteiger partial charge in [-0.2, -0.15) is 0 Å². The lowest BCUT2D eigenvalue weighted by molar-refractivity contribution is 0.0775. The Hall–Kier alpha value is -2.81. The first-order valence-electron chi connectivity index (χ1n) is 7.66. The van der Waals surface area contributed by atoms with Crippen LogP contribution in [0.15, 0.2) is 72.9 Å². The third-order valence-electron chi connectivity index (χ3n) is 3.94. The van der Waals surface area contributed by atoms with Gasteiger partial charge in [-0.25, -0.2) is 0 Å². The molecule has 0 saturated heterocycles. The molecule has 0 radical (unpaired) electrons. The number of carbonyl (C=O) groups excluding carboxylic acids is 1. The topological polar surface area (TPSA) is 25.2 Å². The van der Waals surface area contributed by atoms with E-state index in [-0.39, 0.29) is 5.91 Å². The first-order chi connectivity index (χ1) is 11.1. The standard InChI is InChI=1S/C20H20N2O/c1-21-15-18(17-11-7-4-8-12-17)13-19(21)20(23)22(2)14-16-9-5-3-6-10-16/h3-13,15H,14H2,1-2H3. The van der Waals surface area contributed by atoms with Crippen molar-refractivity contribution in [2.24, 2.45) is 7.05 Å². The molecule has 3 aromatic rings. The molecule has 3 nitrogen and oxygen atoms in total. The normalized spacial score (nSPS) is 10.5. The van der Waals surface area contributed by atoms with Crippen molar-refractivity contribution >= 4 is 5.91 Å². The Morgan fingerprint density at radius 2 is 1.57 bits per heavy atom. The number of benzene rings is 2. The summed E-state index contributed by atoms with van der Waals surface area (Å²) < 4.78 is 1.90. The predicted octanol–water partition coefficient (Wildman–Crippen LogP) is 3.96. The van der Waals surface area contributed by atoms with Gasteiger partial charge >= 0.3 is 0 Å². The Morgan fingerprint density at radius 1 is 0.957 bits per heavy atom. The molecule has 2 aromatic carbocycles. The van der Waals surface area contributed by atoms with Crippen molar-refractivity contribution in [3.63, 3.8) is 0 Å². The minimum atomic E-state index is 0.0264. The van der Waals surface area contributed by atoms with Crippen LogP contribution in [0.2, 0.25) is 0 Å². The summed E-state index contributed by atoms with van der Waals surface area (Å²) in [6, 6.07) is 22.1. The molecule has 1 aromatic heterocycles. The van der Waals surface area contributed by atoms with Crippen molar-refractivity contribution in [3.05, 3.63) is 84.2 Å². The van der Waals surface area contributed by atoms with Crippen molar-refractivity contribution in [2.75, 3.05) is 7.05 Å². The number of hydrogen-bond acceptors (Lipinski definition) is 1. The fourth-order valence-electron chi connectivity index (χ4n) is 2.69. The number of carbonyl (C=O) groups is 1. The summed E-state index contributed by atoms with van der Waals surface area (Å²) in [5, 5.41) is 0. The van der Waals surface area contributed by atoms with Crippen LogP contribution in [0.3, 0.4) is 0 Å². The molecule has 1 heterocycles. The lowest BCUT2D eigenvalue weighted by Crippen LogP contribution is -2.27. The van der Waals surface area contributed by atoms with Crippen LogP contribution in [-0.2, 0) is 13.6 Å². The Bertz CT molecular complexity index is 791. The van der Waals surface area contributed by atoms with Gasteiger partial charge in [0.15, 0.2) is 0 Å². The van der Waals surface area contributed by atoms with E-state index < -0.39 is 0 Å². The Balaban J connectivity index is 1.81. The summed E-state index contributed by atoms with van der Waals surface area (Å²) in [5.74, 6) is 0.0264. The molecule has 0 N–H and O–H groups in total. The molecule has 0 bridgehead atoms. The van der Waals surface area contributed by atoms with Crippen LogP contribution in [0.4, 0.5) is 0 Å². The summed E-state index contributed by atoms with van der Waals surface area (Å²) in [4.78, 5) is 14.5. The summed E-state index contributed by atoms with van der Waals surface area (Å²) >= 11 is 0. The monoisotopic (exact) mass is 304 g/mol. The van der Waals surface area contributed by atoms with Crippen LogP contribution in [-0.4, -0.2) is 22.4 Å². The summed E-state index contributed by atoms with van der Waals surface area (Å²) in [7, 11) is 3.75. The van der Waals surface area contributed by atoms with E-state index in [9.17, 15) is 4.79 Å². The zero-order valence-electron chi connectivity index (χ0n) is 13.4. The van der Waals surface area contributed by atoms with Gasteiger partial charge in [0, 0.05) is 32.4 Å². The minimum Gasteiger partial charge on any atom is -0.346 e. The molecule has 1 amide bonds. The number of rotatable bonds is 4. The number of aryl methyl sites for hydroxylation is 1. The maximum absolute atomic E-state index is 12.7. The fourth-order valence-corrected chi connectivity index (χ4v) is 2.69. The van der Waals surface area contributed by atoms with Gasteiger partial charge in [0.05, 0.1) is 0 Å². The molecule has 0 atom stereocenters. The van der Waals surface area contributed by atoms with Gasteiger partial charge in [-0.05, 0) is 17.2 Å². The Morgan fingerprint density at radius 3 is 2.22 bits per heavy atom. The van der Waals surface area contributed by atoms with Gasteiger partial charge in [0.2, 0.25) is 0 Å². The lowest BCUT2D eigenvalue weighted by atomic mass is 10.1. The Labute approximate surface area is 136 Å². The first kappa shape index (κ1) is 15.1. The highest BCUT2D eigenvalue weighted by Gasteiger charge is 2.17. The van der Waals surface area contributed by atoms with Gasteiger partial charge in [0.1, 0.15) is 5.69 Å². The predicted molar refractivity (Wildman–Crippen MR) is 93.1 cm³/mol. The van der Waals surface area contributed by atoms with Gasteiger partial charge in [0.25, 0.3) is 5.91 Å². The molecule has 0 unspecified atom stereocenters. The van der Waals surface area contributed by atoms with Gasteiger partial charge in [-0.15, -0.1) is 0 Å². The quantitative estimate of drug-likeness (QED) is 0.716. The fraction of sp³-hybridized carbons (Fsp3) is 0.150. The minimum absolute atomic E-state index is 0.0264. The van der Waals surface area contributed by atoms with Crippen LogP contribution in [0.1, 0.15) is 16.1 Å². The van der Waals surface area contributed by atoms with E-state index in [1.807, 2.05) is 79.5 Å². The first-order valence-corrected chi connectivity index (χ1v) is 7.66. The van der Waals surface area contributed by atoms with E-state index in [1.165, 1.54) is 0 Å². The molecule has 3 heteroatoms. The van der Waals surface area contributed by atoms with E-state index in [0.717, 1.165) is 16.7 Å². The zero-order chi connectivity index (χ0) is 16.2. The van der Waals surface area contributed by atoms with Crippen molar-refractivity contribution in [1.82, 2.24) is 9.47 Å². The number of amides is 1. The molecule has 0 fully saturated rings. The molecule has 3 rings (SSSR count). The summed E-state index contributed by atoms with van der Waals surface area (Å²) in [6.07, 6.45) is 2.00. The van der Waals surface area contributed by atoms with Crippen LogP contribution < -0.4 is 0 Å². The van der Waals surface area contributed by atoms with Crippen molar-refractivity contribution in [3.8, 4) is 11.1 Å². The molecule has 0 aliphatic carbocycles. The van der Waals surface area contributed by atoms with Crippen molar-refractivity contribution < 1.29 is 4.79 Å². The van der Waals surface area contributed by atoms with Gasteiger partial charge in [-0.1, -0.05) is 60.7 Å². The van der Waals surface area contributed by atoms with Crippen LogP contribution >= 0.6 is 0 Å². The molecular formula is C20H20N2O. The number of nitrogens with zero attached hydrogens (tertiary/aromatic N) is 2. The van der Waals surface area contributed by atoms with Crippen molar-refractivity contribution in [2.45, 2.75) is 6.54 Å². The second-order valence-corrected chi connectivity index (χ2v) is 5.74. The number of aromatic nitrogens is 1. The highest BCUT2D eigenvalue weighted by molar-refractivity contribution is 5.94. The van der Waals surface area contributed by atoms with Gasteiger partial charge < -0.3 is 9.47 Å². The summed E-state index contributed by atoms with van der Waals surface area (Å²) in [5.41, 5.74) is 4.00. The van der Waals surface area contributed by atoms with Crippen molar-refractivity contribution in [1.29, 1.82) is 0 Å². The smallest absolute Gasteiger partial charge is 0.270 e. The van der Waals surface area contributed by atoms with Gasteiger partial charge in [-0.3, -0.25) is 4.79 Å². The average Bonchev–Trinajstić information content (AvgIpc) is 2.97. The molecule has 0 spiro atoms. The SMILES string of the molecule is CN(Cc1ccccc1)C(=O)c1cc(-c2ccccc2)cn1C. The zero-order valence-corrected chi connectivity index (χ0v) is 13.4. The lowest BCUT2D eigenvalue weighted by Gasteiger charge is -2.17. The average molecular weight is 304 g/mol. The van der Waals surface area contributed by atoms with Crippen LogP contribution in [0, 0.1) is 0 Å². The molecule has 116 valence electrons. The van der Waals surface area contributed by atoms with Crippen LogP contribution in [0.5, 0.6) is 0 Å². The second kappa shape index (κ2) is 6.53. The maximum Gasteiger partial charge on any atom is 0.270 e. The molecule has 23 heavy (non-hydrogen) atoms. The highest BCUT2D eigenvalue weighted by Crippen LogP contribution is 2.22.